The van der Waals surface area contributed by atoms with E-state index in [-0.39, 0.29) is 12.1 Å². The average molecular weight is 389 g/mol. The lowest BCUT2D eigenvalue weighted by atomic mass is 10.1. The molecule has 0 fully saturated rings. The molecular weight excluding hydrogens is 372 g/mol. The van der Waals surface area contributed by atoms with E-state index < -0.39 is 5.91 Å². The van der Waals surface area contributed by atoms with E-state index in [1.807, 2.05) is 0 Å². The largest absolute Gasteiger partial charge is 0.497 e. The Bertz CT molecular complexity index is 974. The maximum Gasteiger partial charge on any atom is 0.250 e. The van der Waals surface area contributed by atoms with Gasteiger partial charge in [-0.1, -0.05) is 16.8 Å². The lowest BCUT2D eigenvalue weighted by molar-refractivity contribution is 0.100. The van der Waals surface area contributed by atoms with E-state index in [4.69, 9.17) is 31.3 Å². The van der Waals surface area contributed by atoms with Crippen molar-refractivity contribution in [2.24, 2.45) is 5.73 Å². The van der Waals surface area contributed by atoms with Gasteiger partial charge in [-0.15, -0.1) is 0 Å². The van der Waals surface area contributed by atoms with Crippen molar-refractivity contribution in [3.63, 3.8) is 0 Å². The molecule has 3 rings (SSSR count). The van der Waals surface area contributed by atoms with E-state index in [1.54, 1.807) is 44.6 Å². The number of ether oxygens (including phenoxy) is 2. The minimum atomic E-state index is -0.589. The maximum atomic E-state index is 11.5. The predicted molar refractivity (Wildman–Crippen MR) is 100 cm³/mol. The third kappa shape index (κ3) is 4.12. The third-order valence-electron chi connectivity index (χ3n) is 3.79. The van der Waals surface area contributed by atoms with Gasteiger partial charge in [-0.25, -0.2) is 0 Å². The van der Waals surface area contributed by atoms with Gasteiger partial charge in [0.15, 0.2) is 0 Å². The highest BCUT2D eigenvalue weighted by atomic mass is 35.5. The molecule has 0 saturated carbocycles. The van der Waals surface area contributed by atoms with Crippen LogP contribution in [-0.4, -0.2) is 30.3 Å². The predicted octanol–water partition coefficient (Wildman–Crippen LogP) is 3.12. The van der Waals surface area contributed by atoms with Crippen molar-refractivity contribution >= 4 is 23.2 Å². The van der Waals surface area contributed by atoms with E-state index in [2.05, 4.69) is 15.5 Å². The minimum absolute atomic E-state index is 0.202. The van der Waals surface area contributed by atoms with E-state index in [0.29, 0.717) is 39.5 Å². The minimum Gasteiger partial charge on any atom is -0.497 e. The van der Waals surface area contributed by atoms with Gasteiger partial charge in [0.2, 0.25) is 11.7 Å². The lowest BCUT2D eigenvalue weighted by Crippen LogP contribution is -2.14. The molecule has 27 heavy (non-hydrogen) atoms. The van der Waals surface area contributed by atoms with Gasteiger partial charge in [0.1, 0.15) is 11.5 Å². The van der Waals surface area contributed by atoms with Crippen molar-refractivity contribution in [2.75, 3.05) is 19.5 Å². The van der Waals surface area contributed by atoms with Crippen LogP contribution in [0.3, 0.4) is 0 Å². The second-order valence-corrected chi connectivity index (χ2v) is 5.92. The van der Waals surface area contributed by atoms with Gasteiger partial charge < -0.3 is 25.0 Å². The molecule has 8 nitrogen and oxygen atoms in total. The molecule has 0 aliphatic carbocycles. The van der Waals surface area contributed by atoms with Gasteiger partial charge in [-0.05, 0) is 30.3 Å². The molecule has 2 aromatic carbocycles. The first-order valence-corrected chi connectivity index (χ1v) is 8.28. The Hall–Kier alpha value is -3.26. The molecule has 0 spiro atoms. The molecule has 0 atom stereocenters. The Morgan fingerprint density at radius 1 is 1.22 bits per heavy atom. The van der Waals surface area contributed by atoms with Gasteiger partial charge in [0, 0.05) is 16.8 Å². The Morgan fingerprint density at radius 3 is 2.74 bits per heavy atom. The number of nitrogens with two attached hydrogens (primary N) is 1. The number of aromatic nitrogens is 2. The van der Waals surface area contributed by atoms with Crippen LogP contribution in [0.2, 0.25) is 5.02 Å². The Balaban J connectivity index is 1.79. The Kier molecular flexibility index (Phi) is 5.46. The van der Waals surface area contributed by atoms with E-state index in [9.17, 15) is 4.79 Å². The zero-order valence-corrected chi connectivity index (χ0v) is 15.4. The second kappa shape index (κ2) is 7.96. The van der Waals surface area contributed by atoms with Crippen LogP contribution in [0.5, 0.6) is 11.5 Å². The summed E-state index contributed by atoms with van der Waals surface area (Å²) in [6, 6.07) is 10.1. The summed E-state index contributed by atoms with van der Waals surface area (Å²) in [5, 5.41) is 7.44. The summed E-state index contributed by atoms with van der Waals surface area (Å²) >= 11 is 5.90. The molecule has 3 aromatic rings. The van der Waals surface area contributed by atoms with Gasteiger partial charge in [0.25, 0.3) is 5.91 Å². The van der Waals surface area contributed by atoms with Crippen molar-refractivity contribution in [3.8, 4) is 22.9 Å². The highest BCUT2D eigenvalue weighted by molar-refractivity contribution is 6.31. The number of anilines is 1. The molecule has 140 valence electrons. The van der Waals surface area contributed by atoms with Gasteiger partial charge in [-0.2, -0.15) is 4.98 Å². The van der Waals surface area contributed by atoms with E-state index >= 15 is 0 Å². The smallest absolute Gasteiger partial charge is 0.250 e. The van der Waals surface area contributed by atoms with Crippen molar-refractivity contribution in [2.45, 2.75) is 6.54 Å². The average Bonchev–Trinajstić information content (AvgIpc) is 3.15. The number of amides is 1. The first-order valence-electron chi connectivity index (χ1n) is 7.90. The number of methoxy groups -OCH3 is 2. The summed E-state index contributed by atoms with van der Waals surface area (Å²) in [5.74, 6) is 1.33. The summed E-state index contributed by atoms with van der Waals surface area (Å²) in [5.41, 5.74) is 6.84. The molecule has 0 unspecified atom stereocenters. The van der Waals surface area contributed by atoms with Crippen LogP contribution < -0.4 is 20.5 Å². The zero-order chi connectivity index (χ0) is 19.4. The number of nitrogens with zero attached hydrogens (tertiary/aromatic N) is 2. The van der Waals surface area contributed by atoms with Gasteiger partial charge >= 0.3 is 0 Å². The summed E-state index contributed by atoms with van der Waals surface area (Å²) in [7, 11) is 3.12. The second-order valence-electron chi connectivity index (χ2n) is 5.49. The number of halogens is 1. The summed E-state index contributed by atoms with van der Waals surface area (Å²) in [6.07, 6.45) is 0. The molecule has 9 heteroatoms. The fraction of sp³-hybridized carbons (Fsp3) is 0.167. The SMILES string of the molecule is COc1ccc(-c2noc(CNc3ccc(Cl)cc3C(N)=O)n2)c(OC)c1. The fourth-order valence-corrected chi connectivity index (χ4v) is 2.64. The van der Waals surface area contributed by atoms with Crippen LogP contribution in [0.15, 0.2) is 40.9 Å². The molecule has 1 aromatic heterocycles. The lowest BCUT2D eigenvalue weighted by Gasteiger charge is -2.08. The Morgan fingerprint density at radius 2 is 2.04 bits per heavy atom. The molecule has 0 bridgehead atoms. The standard InChI is InChI=1S/C18H17ClN4O4/c1-25-11-4-5-12(15(8-11)26-2)18-22-16(27-23-18)9-21-14-6-3-10(19)7-13(14)17(20)24/h3-8,21H,9H2,1-2H3,(H2,20,24). The number of hydrogen-bond acceptors (Lipinski definition) is 7. The highest BCUT2D eigenvalue weighted by Crippen LogP contribution is 2.31. The van der Waals surface area contributed by atoms with E-state index in [1.165, 1.54) is 6.07 Å². The number of rotatable bonds is 7. The normalized spacial score (nSPS) is 10.5. The van der Waals surface area contributed by atoms with Crippen LogP contribution in [0.4, 0.5) is 5.69 Å². The van der Waals surface area contributed by atoms with Crippen LogP contribution in [0, 0.1) is 0 Å². The topological polar surface area (TPSA) is 112 Å². The molecule has 0 saturated heterocycles. The number of hydrogen-bond donors (Lipinski definition) is 2. The Labute approximate surface area is 160 Å². The molecule has 1 amide bonds. The first kappa shape index (κ1) is 18.5. The monoisotopic (exact) mass is 388 g/mol. The molecule has 3 N–H and O–H groups in total. The number of carbonyl (C=O) groups excluding carboxylic acids is 1. The first-order chi connectivity index (χ1) is 13.0. The number of benzene rings is 2. The van der Waals surface area contributed by atoms with Crippen molar-refractivity contribution < 1.29 is 18.8 Å². The van der Waals surface area contributed by atoms with Crippen LogP contribution in [0.25, 0.3) is 11.4 Å². The summed E-state index contributed by atoms with van der Waals surface area (Å²) in [4.78, 5) is 15.9. The number of carbonyl (C=O) groups is 1. The van der Waals surface area contributed by atoms with Crippen LogP contribution >= 0.6 is 11.6 Å². The van der Waals surface area contributed by atoms with Gasteiger partial charge in [-0.3, -0.25) is 4.79 Å². The van der Waals surface area contributed by atoms with Crippen molar-refractivity contribution in [1.82, 2.24) is 10.1 Å². The van der Waals surface area contributed by atoms with Gasteiger partial charge in [0.05, 0.1) is 31.9 Å². The van der Waals surface area contributed by atoms with Crippen molar-refractivity contribution in [3.05, 3.63) is 52.9 Å². The number of nitrogens with one attached hydrogen (secondary N) is 1. The fourth-order valence-electron chi connectivity index (χ4n) is 2.46. The molecular formula is C18H17ClN4O4. The van der Waals surface area contributed by atoms with Crippen LogP contribution in [-0.2, 0) is 6.54 Å². The van der Waals surface area contributed by atoms with Crippen LogP contribution in [0.1, 0.15) is 16.2 Å². The molecule has 0 aliphatic rings. The molecule has 0 radical (unpaired) electrons. The molecule has 1 heterocycles. The maximum absolute atomic E-state index is 11.5. The van der Waals surface area contributed by atoms with E-state index in [0.717, 1.165) is 0 Å². The quantitative estimate of drug-likeness (QED) is 0.639. The highest BCUT2D eigenvalue weighted by Gasteiger charge is 2.15. The third-order valence-corrected chi connectivity index (χ3v) is 4.03. The van der Waals surface area contributed by atoms with Crippen molar-refractivity contribution in [1.29, 1.82) is 0 Å². The number of primary amides is 1. The summed E-state index contributed by atoms with van der Waals surface area (Å²) < 4.78 is 15.8. The molecule has 0 aliphatic heterocycles. The zero-order valence-electron chi connectivity index (χ0n) is 14.7. The summed E-state index contributed by atoms with van der Waals surface area (Å²) in [6.45, 7) is 0.202.